The molecule has 0 spiro atoms. The number of aromatic nitrogens is 15. The number of hydrogen-bond donors (Lipinski definition) is 12. The van der Waals surface area contributed by atoms with Crippen molar-refractivity contribution >= 4 is 59.5 Å². The Labute approximate surface area is 325 Å². The van der Waals surface area contributed by atoms with Crippen molar-refractivity contribution in [2.75, 3.05) is 83.5 Å². The predicted octanol–water partition coefficient (Wildman–Crippen LogP) is -4.93. The second kappa shape index (κ2) is 18.5. The highest BCUT2D eigenvalue weighted by molar-refractivity contribution is 5.30. The van der Waals surface area contributed by atoms with Crippen LogP contribution >= 0.6 is 0 Å². The minimum atomic E-state index is -0.917. The Bertz CT molecular complexity index is 1900. The van der Waals surface area contributed by atoms with Crippen LogP contribution in [0.3, 0.4) is 0 Å². The first-order valence-corrected chi connectivity index (χ1v) is 17.7. The van der Waals surface area contributed by atoms with E-state index in [9.17, 15) is 0 Å². The van der Waals surface area contributed by atoms with E-state index < -0.39 is 11.6 Å². The number of rotatable bonds is 20. The van der Waals surface area contributed by atoms with E-state index in [1.54, 1.807) is 0 Å². The van der Waals surface area contributed by atoms with Crippen LogP contribution in [0.1, 0.15) is 48.4 Å². The molecule has 0 saturated heterocycles. The summed E-state index contributed by atoms with van der Waals surface area (Å²) in [5.74, 6) is 1.51. The van der Waals surface area contributed by atoms with E-state index in [0.717, 1.165) is 0 Å². The van der Waals surface area contributed by atoms with Crippen LogP contribution < -0.4 is 68.4 Å². The molecule has 0 amide bonds. The predicted molar refractivity (Wildman–Crippen MR) is 211 cm³/mol. The van der Waals surface area contributed by atoms with Gasteiger partial charge in [-0.3, -0.25) is 4.90 Å². The van der Waals surface area contributed by atoms with Crippen LogP contribution in [0.15, 0.2) is 0 Å². The van der Waals surface area contributed by atoms with Crippen LogP contribution in [-0.4, -0.2) is 117 Å². The van der Waals surface area contributed by atoms with Crippen molar-refractivity contribution in [2.45, 2.75) is 62.9 Å². The van der Waals surface area contributed by atoms with Gasteiger partial charge >= 0.3 is 0 Å². The lowest BCUT2D eigenvalue weighted by atomic mass is 9.76. The highest BCUT2D eigenvalue weighted by atomic mass is 15.3. The van der Waals surface area contributed by atoms with Gasteiger partial charge in [0, 0.05) is 69.9 Å². The lowest BCUT2D eigenvalue weighted by Crippen LogP contribution is -2.63. The molecule has 1 atom stereocenters. The van der Waals surface area contributed by atoms with Gasteiger partial charge in [-0.15, -0.1) is 0 Å². The normalized spacial score (nSPS) is 12.2. The lowest BCUT2D eigenvalue weighted by Gasteiger charge is -2.50. The topological polar surface area (TPSA) is 495 Å². The fourth-order valence-corrected chi connectivity index (χ4v) is 6.63. The van der Waals surface area contributed by atoms with Crippen LogP contribution in [0.4, 0.5) is 59.5 Å². The smallest absolute Gasteiger partial charge is 0.225 e. The van der Waals surface area contributed by atoms with Gasteiger partial charge in [0.05, 0.1) is 0 Å². The van der Waals surface area contributed by atoms with Gasteiger partial charge in [-0.2, -0.15) is 74.8 Å². The van der Waals surface area contributed by atoms with Crippen LogP contribution in [0.2, 0.25) is 0 Å². The maximum Gasteiger partial charge on any atom is 0.225 e. The quantitative estimate of drug-likeness (QED) is 0.0351. The number of nitrogens with one attached hydrogen (secondary N) is 1. The molecule has 0 aliphatic carbocycles. The standard InChI is InChI=1S/C29H48N28/c30-9-10-41-13(1-2-14-42-19(31)52-20(32)43-14)29(7-3-15-44-21(33)53-22(34)45-15,8-4-16-46-23(35)54-24(36)47-16)57(11-5-17-48-25(37)55-26(38)49-17)12-6-18-50-27(39)56-28(40)51-18/h13,41H,1-12,30H2,(H4,31,32,42,43,52)(H4,33,34,44,45,53)(H4,35,36,46,47,54)(H4,37,38,48,49,55)(H4,39,40,50,51,56). The first kappa shape index (κ1) is 41.1. The second-order valence-electron chi connectivity index (χ2n) is 12.8. The van der Waals surface area contributed by atoms with E-state index in [0.29, 0.717) is 81.0 Å². The van der Waals surface area contributed by atoms with Crippen LogP contribution in [-0.2, 0) is 32.1 Å². The Morgan fingerprint density at radius 3 is 0.982 bits per heavy atom. The third-order valence-corrected chi connectivity index (χ3v) is 8.83. The fourth-order valence-electron chi connectivity index (χ4n) is 6.63. The summed E-state index contributed by atoms with van der Waals surface area (Å²) in [5, 5.41) is 3.67. The highest BCUT2D eigenvalue weighted by Crippen LogP contribution is 2.34. The van der Waals surface area contributed by atoms with Gasteiger partial charge in [0.15, 0.2) is 0 Å². The first-order chi connectivity index (χ1) is 27.2. The summed E-state index contributed by atoms with van der Waals surface area (Å²) in [4.78, 5) is 65.4. The second-order valence-corrected chi connectivity index (χ2v) is 12.8. The SMILES string of the molecule is NCCNC(CCc1nc(N)nc(N)n1)C(CCc1nc(N)nc(N)n1)(CCc1nc(N)nc(N)n1)N(CCc1nc(N)nc(N)n1)CCc1nc(N)nc(N)n1. The Morgan fingerprint density at radius 2 is 0.684 bits per heavy atom. The molecule has 23 N–H and O–H groups in total. The maximum atomic E-state index is 6.12. The Hall–Kier alpha value is -7.07. The van der Waals surface area contributed by atoms with Crippen molar-refractivity contribution in [1.29, 1.82) is 0 Å². The number of hydrogen-bond acceptors (Lipinski definition) is 28. The third kappa shape index (κ3) is 11.7. The van der Waals surface area contributed by atoms with Gasteiger partial charge in [0.1, 0.15) is 29.1 Å². The van der Waals surface area contributed by atoms with Crippen molar-refractivity contribution in [3.05, 3.63) is 29.1 Å². The zero-order valence-corrected chi connectivity index (χ0v) is 31.1. The molecule has 5 aromatic heterocycles. The van der Waals surface area contributed by atoms with E-state index in [1.165, 1.54) is 0 Å². The summed E-state index contributed by atoms with van der Waals surface area (Å²) >= 11 is 0. The average Bonchev–Trinajstić information content (AvgIpc) is 3.10. The van der Waals surface area contributed by atoms with Gasteiger partial charge in [-0.05, 0) is 19.3 Å². The number of nitrogens with two attached hydrogens (primary N) is 11. The Morgan fingerprint density at radius 1 is 0.404 bits per heavy atom. The molecule has 0 saturated carbocycles. The first-order valence-electron chi connectivity index (χ1n) is 17.7. The number of nitrogens with zero attached hydrogens (tertiary/aromatic N) is 16. The Kier molecular flexibility index (Phi) is 13.3. The van der Waals surface area contributed by atoms with Crippen molar-refractivity contribution in [2.24, 2.45) is 5.73 Å². The van der Waals surface area contributed by atoms with Gasteiger partial charge in [0.2, 0.25) is 59.5 Å². The molecule has 5 aromatic rings. The minimum absolute atomic E-state index is 0.0151. The zero-order chi connectivity index (χ0) is 41.1. The molecule has 0 aliphatic rings. The number of aryl methyl sites for hydroxylation is 3. The molecule has 28 nitrogen and oxygen atoms in total. The van der Waals surface area contributed by atoms with Gasteiger partial charge in [0.25, 0.3) is 0 Å². The van der Waals surface area contributed by atoms with Crippen molar-refractivity contribution in [1.82, 2.24) is 85.0 Å². The molecule has 1 unspecified atom stereocenters. The molecular formula is C29H48N28. The molecule has 5 heterocycles. The molecular weight excluding hydrogens is 741 g/mol. The average molecular weight is 789 g/mol. The molecule has 0 aliphatic heterocycles. The number of anilines is 10. The monoisotopic (exact) mass is 788 g/mol. The summed E-state index contributed by atoms with van der Waals surface area (Å²) in [6.07, 6.45) is 2.50. The van der Waals surface area contributed by atoms with Crippen LogP contribution in [0.5, 0.6) is 0 Å². The molecule has 0 aromatic carbocycles. The fraction of sp³-hybridized carbons (Fsp3) is 0.483. The largest absolute Gasteiger partial charge is 0.368 e. The van der Waals surface area contributed by atoms with E-state index >= 15 is 0 Å². The molecule has 0 fully saturated rings. The minimum Gasteiger partial charge on any atom is -0.368 e. The summed E-state index contributed by atoms with van der Waals surface area (Å²) < 4.78 is 0. The van der Waals surface area contributed by atoms with Crippen LogP contribution in [0, 0.1) is 0 Å². The number of nitrogen functional groups attached to an aromatic ring is 10. The van der Waals surface area contributed by atoms with Crippen LogP contribution in [0.25, 0.3) is 0 Å². The third-order valence-electron chi connectivity index (χ3n) is 8.83. The van der Waals surface area contributed by atoms with Gasteiger partial charge < -0.3 is 68.4 Å². The highest BCUT2D eigenvalue weighted by Gasteiger charge is 2.43. The molecule has 28 heteroatoms. The molecule has 57 heavy (non-hydrogen) atoms. The van der Waals surface area contributed by atoms with Gasteiger partial charge in [-0.25, -0.2) is 0 Å². The van der Waals surface area contributed by atoms with Crippen molar-refractivity contribution < 1.29 is 0 Å². The maximum absolute atomic E-state index is 6.12. The Balaban J connectivity index is 1.68. The van der Waals surface area contributed by atoms with Gasteiger partial charge in [-0.1, -0.05) is 0 Å². The lowest BCUT2D eigenvalue weighted by molar-refractivity contribution is 0.0293. The van der Waals surface area contributed by atoms with Crippen molar-refractivity contribution in [3.63, 3.8) is 0 Å². The van der Waals surface area contributed by atoms with E-state index in [4.69, 9.17) is 63.1 Å². The summed E-state index contributed by atoms with van der Waals surface area (Å²) in [6.45, 7) is 1.33. The molecule has 5 rings (SSSR count). The summed E-state index contributed by atoms with van der Waals surface area (Å²) in [5.41, 5.74) is 65.0. The summed E-state index contributed by atoms with van der Waals surface area (Å²) in [7, 11) is 0. The van der Waals surface area contributed by atoms with E-state index in [2.05, 4.69) is 85.0 Å². The van der Waals surface area contributed by atoms with E-state index in [-0.39, 0.29) is 85.2 Å². The molecule has 0 bridgehead atoms. The molecule has 304 valence electrons. The summed E-state index contributed by atoms with van der Waals surface area (Å²) in [6, 6.07) is -0.421. The van der Waals surface area contributed by atoms with Crippen molar-refractivity contribution in [3.8, 4) is 0 Å². The van der Waals surface area contributed by atoms with E-state index in [1.807, 2.05) is 0 Å². The zero-order valence-electron chi connectivity index (χ0n) is 31.1. The molecule has 0 radical (unpaired) electrons.